The fourth-order valence-corrected chi connectivity index (χ4v) is 7.62. The van der Waals surface area contributed by atoms with E-state index in [1.54, 1.807) is 6.92 Å². The summed E-state index contributed by atoms with van der Waals surface area (Å²) in [7, 11) is 2.91. The Labute approximate surface area is 388 Å². The number of aromatic hydroxyl groups is 2. The first-order valence-corrected chi connectivity index (χ1v) is 24.2. The summed E-state index contributed by atoms with van der Waals surface area (Å²) in [5.74, 6) is 0.356. The van der Waals surface area contributed by atoms with Crippen LogP contribution in [0.5, 0.6) is 23.0 Å². The van der Waals surface area contributed by atoms with Crippen LogP contribution < -0.4 is 9.47 Å². The van der Waals surface area contributed by atoms with Crippen LogP contribution in [0.25, 0.3) is 0 Å². The number of benzene rings is 1. The van der Waals surface area contributed by atoms with Crippen molar-refractivity contribution in [3.63, 3.8) is 0 Å². The van der Waals surface area contributed by atoms with Crippen molar-refractivity contribution in [1.82, 2.24) is 0 Å². The third-order valence-electron chi connectivity index (χ3n) is 12.1. The van der Waals surface area contributed by atoms with Crippen molar-refractivity contribution in [3.8, 4) is 23.0 Å². The molecule has 0 spiro atoms. The zero-order valence-corrected chi connectivity index (χ0v) is 42.9. The average molecular weight is 865 g/mol. The Hall–Kier alpha value is -4.18. The molecule has 4 heteroatoms. The predicted molar refractivity (Wildman–Crippen MR) is 278 cm³/mol. The van der Waals surface area contributed by atoms with E-state index in [2.05, 4.69) is 137 Å². The Bertz CT molecular complexity index is 1840. The molecule has 0 saturated heterocycles. The summed E-state index contributed by atoms with van der Waals surface area (Å²) < 4.78 is 10.5. The monoisotopic (exact) mass is 865 g/mol. The molecule has 0 aliphatic heterocycles. The van der Waals surface area contributed by atoms with Crippen LogP contribution in [0.4, 0.5) is 0 Å². The van der Waals surface area contributed by atoms with E-state index in [-0.39, 0.29) is 23.0 Å². The van der Waals surface area contributed by atoms with Gasteiger partial charge >= 0.3 is 0 Å². The standard InChI is InChI=1S/C59H92O4/c1-44(2)24-15-25-45(3)26-16-27-46(4)28-17-29-47(5)30-18-31-48(6)32-19-33-49(7)34-20-35-50(8)36-21-37-51(9)38-22-39-52(10)40-23-41-53(11)42-43-55-54(12)56(60)58(62-13)59(63-14)57(55)61/h24,26,28,30,32,34,36,38,40,42,60-61H,15-23,25,27,29,31,33,35,37,39,41,43H2,1-14H3/b45-26+,46-28+,47-30+,48-32+,49-34+,50-36-,51-38-,52-40+,53-42+. The summed E-state index contributed by atoms with van der Waals surface area (Å²) in [5.41, 5.74) is 15.9. The number of phenols is 2. The Balaban J connectivity index is 2.32. The molecule has 0 fully saturated rings. The first-order valence-electron chi connectivity index (χ1n) is 24.2. The van der Waals surface area contributed by atoms with E-state index in [9.17, 15) is 10.2 Å². The highest BCUT2D eigenvalue weighted by Crippen LogP contribution is 2.48. The summed E-state index contributed by atoms with van der Waals surface area (Å²) in [6, 6.07) is 0. The molecule has 0 saturated carbocycles. The van der Waals surface area contributed by atoms with Crippen molar-refractivity contribution in [2.24, 2.45) is 0 Å². The van der Waals surface area contributed by atoms with Crippen LogP contribution in [0.3, 0.4) is 0 Å². The molecule has 0 aliphatic rings. The summed E-state index contributed by atoms with van der Waals surface area (Å²) in [5, 5.41) is 21.3. The lowest BCUT2D eigenvalue weighted by molar-refractivity contribution is 0.314. The van der Waals surface area contributed by atoms with Gasteiger partial charge in [0.2, 0.25) is 11.5 Å². The second-order valence-corrected chi connectivity index (χ2v) is 18.7. The van der Waals surface area contributed by atoms with Gasteiger partial charge < -0.3 is 19.7 Å². The number of methoxy groups -OCH3 is 2. The second kappa shape index (κ2) is 33.3. The smallest absolute Gasteiger partial charge is 0.207 e. The van der Waals surface area contributed by atoms with Gasteiger partial charge in [-0.05, 0) is 205 Å². The van der Waals surface area contributed by atoms with Crippen LogP contribution in [0.2, 0.25) is 0 Å². The SMILES string of the molecule is COc1c(O)c(C)c(C/C=C(\C)CC/C=C(\C)CC/C=C(/C)CC/C=C(/C)CC/C=C(\C)CC/C=C(\C)CC/C=C(\C)CC/C=C(\C)CC/C=C(\C)CCC=C(C)C)c(O)c1OC. The molecule has 0 aromatic heterocycles. The number of hydrogen-bond acceptors (Lipinski definition) is 4. The quantitative estimate of drug-likeness (QED) is 0.0577. The Morgan fingerprint density at radius 2 is 0.571 bits per heavy atom. The van der Waals surface area contributed by atoms with E-state index in [1.165, 1.54) is 89.2 Å². The minimum atomic E-state index is 0.00634. The topological polar surface area (TPSA) is 58.9 Å². The molecule has 0 amide bonds. The van der Waals surface area contributed by atoms with Crippen LogP contribution in [-0.4, -0.2) is 24.4 Å². The van der Waals surface area contributed by atoms with Crippen molar-refractivity contribution in [3.05, 3.63) is 128 Å². The maximum atomic E-state index is 10.7. The van der Waals surface area contributed by atoms with Crippen molar-refractivity contribution in [2.75, 3.05) is 14.2 Å². The molecule has 0 bridgehead atoms. The number of ether oxygens (including phenoxy) is 2. The molecular weight excluding hydrogens is 773 g/mol. The first kappa shape index (κ1) is 56.8. The lowest BCUT2D eigenvalue weighted by Gasteiger charge is -2.17. The maximum absolute atomic E-state index is 10.7. The summed E-state index contributed by atoms with van der Waals surface area (Å²) in [4.78, 5) is 0. The maximum Gasteiger partial charge on any atom is 0.207 e. The molecule has 1 aromatic carbocycles. The highest BCUT2D eigenvalue weighted by molar-refractivity contribution is 5.66. The predicted octanol–water partition coefficient (Wildman–Crippen LogP) is 18.5. The van der Waals surface area contributed by atoms with Gasteiger partial charge in [0.05, 0.1) is 14.2 Å². The van der Waals surface area contributed by atoms with E-state index < -0.39 is 0 Å². The van der Waals surface area contributed by atoms with Gasteiger partial charge in [-0.3, -0.25) is 0 Å². The summed E-state index contributed by atoms with van der Waals surface area (Å²) >= 11 is 0. The molecule has 1 rings (SSSR count). The van der Waals surface area contributed by atoms with Gasteiger partial charge in [0.15, 0.2) is 11.5 Å². The van der Waals surface area contributed by atoms with Crippen LogP contribution in [0.15, 0.2) is 116 Å². The van der Waals surface area contributed by atoms with Crippen LogP contribution in [0.1, 0.15) is 203 Å². The van der Waals surface area contributed by atoms with Gasteiger partial charge in [-0.15, -0.1) is 0 Å². The van der Waals surface area contributed by atoms with E-state index in [0.717, 1.165) is 96.3 Å². The normalized spacial score (nSPS) is 14.2. The Morgan fingerprint density at radius 1 is 0.349 bits per heavy atom. The molecule has 0 heterocycles. The van der Waals surface area contributed by atoms with E-state index in [0.29, 0.717) is 17.5 Å². The number of rotatable bonds is 31. The highest BCUT2D eigenvalue weighted by atomic mass is 16.5. The molecule has 63 heavy (non-hydrogen) atoms. The van der Waals surface area contributed by atoms with Gasteiger partial charge in [0.1, 0.15) is 0 Å². The van der Waals surface area contributed by atoms with Crippen LogP contribution in [0, 0.1) is 6.92 Å². The summed E-state index contributed by atoms with van der Waals surface area (Å²) in [6.45, 7) is 26.5. The van der Waals surface area contributed by atoms with E-state index in [1.807, 2.05) is 0 Å². The lowest BCUT2D eigenvalue weighted by atomic mass is 9.99. The zero-order chi connectivity index (χ0) is 47.2. The highest BCUT2D eigenvalue weighted by Gasteiger charge is 2.22. The number of allylic oxidation sites excluding steroid dienone is 20. The molecular formula is C59H92O4. The zero-order valence-electron chi connectivity index (χ0n) is 42.9. The largest absolute Gasteiger partial charge is 0.504 e. The average Bonchev–Trinajstić information content (AvgIpc) is 3.21. The van der Waals surface area contributed by atoms with Gasteiger partial charge in [-0.25, -0.2) is 0 Å². The van der Waals surface area contributed by atoms with Gasteiger partial charge in [0, 0.05) is 11.1 Å². The molecule has 0 aliphatic carbocycles. The van der Waals surface area contributed by atoms with Gasteiger partial charge in [-0.2, -0.15) is 0 Å². The minimum Gasteiger partial charge on any atom is -0.504 e. The van der Waals surface area contributed by atoms with Crippen molar-refractivity contribution in [1.29, 1.82) is 0 Å². The van der Waals surface area contributed by atoms with E-state index in [4.69, 9.17) is 9.47 Å². The molecule has 0 unspecified atom stereocenters. The number of hydrogen-bond donors (Lipinski definition) is 2. The van der Waals surface area contributed by atoms with Gasteiger partial charge in [-0.1, -0.05) is 116 Å². The van der Waals surface area contributed by atoms with Crippen molar-refractivity contribution >= 4 is 0 Å². The molecule has 2 N–H and O–H groups in total. The molecule has 4 nitrogen and oxygen atoms in total. The van der Waals surface area contributed by atoms with Crippen LogP contribution in [-0.2, 0) is 6.42 Å². The molecule has 0 atom stereocenters. The molecule has 352 valence electrons. The Morgan fingerprint density at radius 3 is 0.810 bits per heavy atom. The molecule has 0 radical (unpaired) electrons. The van der Waals surface area contributed by atoms with Crippen molar-refractivity contribution < 1.29 is 19.7 Å². The molecule has 1 aromatic rings. The fourth-order valence-electron chi connectivity index (χ4n) is 7.62. The summed E-state index contributed by atoms with van der Waals surface area (Å²) in [6.07, 6.45) is 44.6. The Kier molecular flexibility index (Phi) is 30.1. The second-order valence-electron chi connectivity index (χ2n) is 18.7. The third-order valence-corrected chi connectivity index (χ3v) is 12.1. The fraction of sp³-hybridized carbons (Fsp3) is 0.559. The lowest BCUT2D eigenvalue weighted by Crippen LogP contribution is -1.98. The van der Waals surface area contributed by atoms with Gasteiger partial charge in [0.25, 0.3) is 0 Å². The first-order chi connectivity index (χ1) is 30.0. The van der Waals surface area contributed by atoms with E-state index >= 15 is 0 Å². The third kappa shape index (κ3) is 26.3. The van der Waals surface area contributed by atoms with Crippen molar-refractivity contribution in [2.45, 2.75) is 205 Å². The number of phenolic OH excluding ortho intramolecular Hbond substituents is 2. The van der Waals surface area contributed by atoms with Crippen LogP contribution >= 0.6 is 0 Å². The minimum absolute atomic E-state index is 0.00634.